The van der Waals surface area contributed by atoms with Gasteiger partial charge in [0.05, 0.1) is 37.4 Å². The predicted octanol–water partition coefficient (Wildman–Crippen LogP) is 5.81. The number of fused-ring (bicyclic) bond motifs is 1. The molecule has 3 amide bonds. The molecule has 2 aliphatic heterocycles. The molecule has 0 aromatic heterocycles. The van der Waals surface area contributed by atoms with E-state index < -0.39 is 59.3 Å². The number of hydrogen-bond donors (Lipinski definition) is 2. The van der Waals surface area contributed by atoms with Crippen LogP contribution in [0.4, 0.5) is 13.6 Å². The van der Waals surface area contributed by atoms with Crippen molar-refractivity contribution in [3.8, 4) is 17.6 Å². The van der Waals surface area contributed by atoms with Crippen LogP contribution in [-0.2, 0) is 30.4 Å². The molecule has 2 N–H and O–H groups in total. The second-order valence-electron chi connectivity index (χ2n) is 13.3. The average molecular weight is 759 g/mol. The molecule has 4 rings (SSSR count). The molecule has 0 saturated carbocycles. The highest BCUT2D eigenvalue weighted by Crippen LogP contribution is 2.37. The van der Waals surface area contributed by atoms with Crippen LogP contribution >= 0.6 is 0 Å². The summed E-state index contributed by atoms with van der Waals surface area (Å²) in [4.78, 5) is 44.2. The number of rotatable bonds is 14. The van der Waals surface area contributed by atoms with Gasteiger partial charge in [0.1, 0.15) is 25.0 Å². The Labute approximate surface area is 320 Å². The minimum Gasteiger partial charge on any atom is -0.493 e. The van der Waals surface area contributed by atoms with Gasteiger partial charge in [0.2, 0.25) is 11.8 Å². The maximum Gasteiger partial charge on any atom is 0.410 e. The Bertz CT molecular complexity index is 1530. The summed E-state index contributed by atoms with van der Waals surface area (Å²) >= 11 is 0. The van der Waals surface area contributed by atoms with E-state index in [1.165, 1.54) is 6.07 Å². The Morgan fingerprint density at radius 2 is 1.69 bits per heavy atom. The van der Waals surface area contributed by atoms with Crippen molar-refractivity contribution in [2.24, 2.45) is 11.3 Å². The molecule has 6 atom stereocenters. The highest BCUT2D eigenvalue weighted by Gasteiger charge is 2.53. The number of carbonyl (C=O) groups is 3. The number of methoxy groups -OCH3 is 1. The number of nitrogens with one attached hydrogen (secondary N) is 2. The highest BCUT2D eigenvalue weighted by atomic mass is 19.2. The van der Waals surface area contributed by atoms with Gasteiger partial charge in [-0.1, -0.05) is 69.9 Å². The standard InChI is InChI=1S/C37H48F2N4O7.2C2H6/c1-24(40-5)34(44)41-32(25(2)48-18-10-16-37(3,4)23-47-6)35(45)42-17-15-31-33(42)27(22-49-28-13-14-29(38)30(39)19-28)20-43(31)36(46)50-21-26-11-8-7-9-12-26;2*1-2/h7-9,11-14,19,24-25,27,31-33,40H,15,17-18,20-23H2,1-6H3,(H,41,44);2*1-2H3/t24-,25?,27+,31?,32?,33?;;/m0../s1. The first-order valence-corrected chi connectivity index (χ1v) is 18.8. The fraction of sp³-hybridized carbons (Fsp3) is 0.585. The largest absolute Gasteiger partial charge is 0.493 e. The molecule has 2 aliphatic rings. The van der Waals surface area contributed by atoms with Crippen molar-refractivity contribution >= 4 is 17.9 Å². The Kier molecular flexibility index (Phi) is 19.4. The first-order valence-electron chi connectivity index (χ1n) is 18.8. The van der Waals surface area contributed by atoms with E-state index in [-0.39, 0.29) is 43.9 Å². The van der Waals surface area contributed by atoms with Gasteiger partial charge in [-0.25, -0.2) is 13.6 Å². The Morgan fingerprint density at radius 3 is 2.31 bits per heavy atom. The number of nitrogens with zero attached hydrogens (tertiary/aromatic N) is 2. The SMILES string of the molecule is CC.CC.CN[C@@H](C)C(=O)NC(C(=O)N1CCC2C1[C@@H](COc1ccc(F)c(F)c1)CN2C(=O)OCc1ccccc1)C(C)OCC#CC(C)(C)COC. The van der Waals surface area contributed by atoms with Gasteiger partial charge in [0.25, 0.3) is 0 Å². The number of hydrogen-bond acceptors (Lipinski definition) is 8. The van der Waals surface area contributed by atoms with E-state index in [9.17, 15) is 23.2 Å². The van der Waals surface area contributed by atoms with E-state index >= 15 is 0 Å². The molecular formula is C41H60F2N4O7. The summed E-state index contributed by atoms with van der Waals surface area (Å²) in [6.07, 6.45) is -0.839. The van der Waals surface area contributed by atoms with E-state index in [1.807, 2.05) is 71.9 Å². The van der Waals surface area contributed by atoms with Crippen LogP contribution in [-0.4, -0.2) is 105 Å². The van der Waals surface area contributed by atoms with Gasteiger partial charge in [-0.3, -0.25) is 9.59 Å². The minimum absolute atomic E-state index is 0.00516. The van der Waals surface area contributed by atoms with E-state index in [1.54, 1.807) is 37.8 Å². The molecule has 0 radical (unpaired) electrons. The third kappa shape index (κ3) is 13.0. The Balaban J connectivity index is 0.00000244. The molecule has 0 bridgehead atoms. The lowest BCUT2D eigenvalue weighted by atomic mass is 9.96. The molecule has 11 nitrogen and oxygen atoms in total. The number of likely N-dealkylation sites (N-methyl/N-ethyl adjacent to an activating group) is 1. The van der Waals surface area contributed by atoms with Crippen molar-refractivity contribution in [2.75, 3.05) is 47.1 Å². The highest BCUT2D eigenvalue weighted by molar-refractivity contribution is 5.90. The lowest BCUT2D eigenvalue weighted by molar-refractivity contribution is -0.142. The lowest BCUT2D eigenvalue weighted by Crippen LogP contribution is -2.59. The Hall–Kier alpha value is -4.25. The first kappa shape index (κ1) is 45.9. The molecule has 54 heavy (non-hydrogen) atoms. The number of carbonyl (C=O) groups excluding carboxylic acids is 3. The van der Waals surface area contributed by atoms with Gasteiger partial charge in [-0.15, -0.1) is 0 Å². The summed E-state index contributed by atoms with van der Waals surface area (Å²) in [5, 5.41) is 5.75. The molecule has 0 spiro atoms. The zero-order valence-electron chi connectivity index (χ0n) is 33.5. The van der Waals surface area contributed by atoms with E-state index in [0.717, 1.165) is 17.7 Å². The van der Waals surface area contributed by atoms with Crippen molar-refractivity contribution in [1.82, 2.24) is 20.4 Å². The normalized spacial score (nSPS) is 19.0. The summed E-state index contributed by atoms with van der Waals surface area (Å²) in [6.45, 7) is 16.3. The molecule has 2 aromatic rings. The molecule has 0 aliphatic carbocycles. The van der Waals surface area contributed by atoms with Crippen molar-refractivity contribution < 1.29 is 42.1 Å². The predicted molar refractivity (Wildman–Crippen MR) is 205 cm³/mol. The monoisotopic (exact) mass is 758 g/mol. The van der Waals surface area contributed by atoms with Crippen LogP contribution in [0.1, 0.15) is 67.4 Å². The van der Waals surface area contributed by atoms with Crippen LogP contribution < -0.4 is 15.4 Å². The van der Waals surface area contributed by atoms with Gasteiger partial charge in [-0.05, 0) is 58.9 Å². The van der Waals surface area contributed by atoms with Crippen LogP contribution in [0.5, 0.6) is 5.75 Å². The smallest absolute Gasteiger partial charge is 0.410 e. The molecule has 2 fully saturated rings. The van der Waals surface area contributed by atoms with Crippen molar-refractivity contribution in [2.45, 2.75) is 98.7 Å². The quantitative estimate of drug-likeness (QED) is 0.232. The molecule has 2 heterocycles. The zero-order chi connectivity index (χ0) is 40.4. The van der Waals surface area contributed by atoms with Crippen molar-refractivity contribution in [3.63, 3.8) is 0 Å². The summed E-state index contributed by atoms with van der Waals surface area (Å²) in [5.41, 5.74) is 0.429. The van der Waals surface area contributed by atoms with Crippen LogP contribution in [0.15, 0.2) is 48.5 Å². The van der Waals surface area contributed by atoms with Crippen LogP contribution in [0.3, 0.4) is 0 Å². The number of benzene rings is 2. The fourth-order valence-electron chi connectivity index (χ4n) is 6.30. The summed E-state index contributed by atoms with van der Waals surface area (Å²) in [7, 11) is 3.25. The molecule has 4 unspecified atom stereocenters. The van der Waals surface area contributed by atoms with Crippen LogP contribution in [0.25, 0.3) is 0 Å². The molecule has 13 heteroatoms. The molecule has 2 aromatic carbocycles. The van der Waals surface area contributed by atoms with Gasteiger partial charge in [0, 0.05) is 37.6 Å². The molecular weight excluding hydrogens is 698 g/mol. The van der Waals surface area contributed by atoms with E-state index in [0.29, 0.717) is 19.6 Å². The molecule has 2 saturated heterocycles. The van der Waals surface area contributed by atoms with Gasteiger partial charge >= 0.3 is 6.09 Å². The second kappa shape index (κ2) is 22.8. The van der Waals surface area contributed by atoms with Crippen molar-refractivity contribution in [3.05, 3.63) is 65.7 Å². The van der Waals surface area contributed by atoms with E-state index in [4.69, 9.17) is 18.9 Å². The Morgan fingerprint density at radius 1 is 1.00 bits per heavy atom. The minimum atomic E-state index is -1.07. The maximum absolute atomic E-state index is 14.4. The number of halogens is 2. The first-order chi connectivity index (χ1) is 25.8. The zero-order valence-corrected chi connectivity index (χ0v) is 33.5. The van der Waals surface area contributed by atoms with Gasteiger partial charge in [0.15, 0.2) is 11.6 Å². The average Bonchev–Trinajstić information content (AvgIpc) is 3.77. The van der Waals surface area contributed by atoms with Crippen LogP contribution in [0, 0.1) is 34.8 Å². The summed E-state index contributed by atoms with van der Waals surface area (Å²) in [5.74, 6) is 2.98. The third-order valence-electron chi connectivity index (χ3n) is 9.02. The topological polar surface area (TPSA) is 119 Å². The van der Waals surface area contributed by atoms with Crippen LogP contribution in [0.2, 0.25) is 0 Å². The third-order valence-corrected chi connectivity index (χ3v) is 9.02. The fourth-order valence-corrected chi connectivity index (χ4v) is 6.30. The number of amides is 3. The molecule has 300 valence electrons. The van der Waals surface area contributed by atoms with E-state index in [2.05, 4.69) is 22.5 Å². The number of ether oxygens (including phenoxy) is 4. The maximum atomic E-state index is 14.4. The van der Waals surface area contributed by atoms with Crippen molar-refractivity contribution in [1.29, 1.82) is 0 Å². The second-order valence-corrected chi connectivity index (χ2v) is 13.3. The lowest BCUT2D eigenvalue weighted by Gasteiger charge is -2.34. The van der Waals surface area contributed by atoms with Gasteiger partial charge < -0.3 is 39.4 Å². The van der Waals surface area contributed by atoms with Gasteiger partial charge in [-0.2, -0.15) is 0 Å². The summed E-state index contributed by atoms with van der Waals surface area (Å²) < 4.78 is 50.3. The number of likely N-dealkylation sites (tertiary alicyclic amines) is 2. The summed E-state index contributed by atoms with van der Waals surface area (Å²) in [6, 6.07) is 9.97.